The highest BCUT2D eigenvalue weighted by Crippen LogP contribution is 2.27. The lowest BCUT2D eigenvalue weighted by Crippen LogP contribution is -2.21. The molecule has 0 aliphatic rings. The van der Waals surface area contributed by atoms with E-state index in [0.717, 1.165) is 0 Å². The van der Waals surface area contributed by atoms with Crippen LogP contribution in [0.1, 0.15) is 115 Å². The predicted octanol–water partition coefficient (Wildman–Crippen LogP) is 9.66. The van der Waals surface area contributed by atoms with Crippen molar-refractivity contribution in [3.63, 3.8) is 0 Å². The first-order valence-electron chi connectivity index (χ1n) is 15.1. The second-order valence-electron chi connectivity index (χ2n) is 10.6. The number of unbranched alkanes of at least 4 members (excludes halogenated alkanes) is 12. The minimum absolute atomic E-state index is 0.647. The molecule has 2 aromatic carbocycles. The summed E-state index contributed by atoms with van der Waals surface area (Å²) in [5.74, 6) is 0. The van der Waals surface area contributed by atoms with Gasteiger partial charge in [-0.15, -0.1) is 0 Å². The molecule has 0 spiro atoms. The highest BCUT2D eigenvalue weighted by atomic mass is 15.4. The molecule has 4 nitrogen and oxygen atoms in total. The topological polar surface area (TPSA) is 34.0 Å². The average molecular weight is 503 g/mol. The van der Waals surface area contributed by atoms with Gasteiger partial charge in [-0.3, -0.25) is 0 Å². The lowest BCUT2D eigenvalue weighted by atomic mass is 10.0. The van der Waals surface area contributed by atoms with Gasteiger partial charge in [0.05, 0.1) is 0 Å². The molecule has 4 heteroatoms. The Morgan fingerprint density at radius 2 is 1.00 bits per heavy atom. The Balaban J connectivity index is 1.53. The van der Waals surface area contributed by atoms with Crippen molar-refractivity contribution in [3.8, 4) is 0 Å². The first-order chi connectivity index (χ1) is 18.3. The predicted molar refractivity (Wildman–Crippen MR) is 158 cm³/mol. The molecule has 0 atom stereocenters. The summed E-state index contributed by atoms with van der Waals surface area (Å²) in [5, 5.41) is 4.36. The summed E-state index contributed by atoms with van der Waals surface area (Å²) in [5.41, 5.74) is 5.25. The van der Waals surface area contributed by atoms with Crippen LogP contribution in [0, 0.1) is 0 Å². The van der Waals surface area contributed by atoms with Gasteiger partial charge in [0.2, 0.25) is 0 Å². The number of anilines is 2. The molecule has 0 N–H and O–H groups in total. The molecule has 1 aromatic heterocycles. The maximum atomic E-state index is 4.36. The van der Waals surface area contributed by atoms with Crippen molar-refractivity contribution in [1.82, 2.24) is 14.8 Å². The summed E-state index contributed by atoms with van der Waals surface area (Å²) in [7, 11) is 0. The second kappa shape index (κ2) is 17.8. The fourth-order valence-electron chi connectivity index (χ4n) is 5.02. The Hall–Kier alpha value is -2.62. The van der Waals surface area contributed by atoms with E-state index in [-0.39, 0.29) is 0 Å². The molecule has 0 saturated heterocycles. The van der Waals surface area contributed by atoms with E-state index in [4.69, 9.17) is 0 Å². The average Bonchev–Trinajstić information content (AvgIpc) is 3.45. The van der Waals surface area contributed by atoms with Crippen LogP contribution in [0.4, 0.5) is 11.4 Å². The van der Waals surface area contributed by atoms with E-state index in [1.54, 1.807) is 12.7 Å². The maximum Gasteiger partial charge on any atom is 0.137 e. The molecular weight excluding hydrogens is 452 g/mol. The van der Waals surface area contributed by atoms with Crippen LogP contribution in [0.2, 0.25) is 0 Å². The van der Waals surface area contributed by atoms with Gasteiger partial charge in [0, 0.05) is 11.4 Å². The van der Waals surface area contributed by atoms with Crippen molar-refractivity contribution in [2.75, 3.05) is 4.90 Å². The summed E-state index contributed by atoms with van der Waals surface area (Å²) in [6, 6.07) is 18.3. The highest BCUT2D eigenvalue weighted by molar-refractivity contribution is 5.63. The van der Waals surface area contributed by atoms with Gasteiger partial charge in [-0.1, -0.05) is 115 Å². The van der Waals surface area contributed by atoms with Gasteiger partial charge in [-0.25, -0.2) is 9.67 Å². The van der Waals surface area contributed by atoms with Gasteiger partial charge in [-0.05, 0) is 61.1 Å². The van der Waals surface area contributed by atoms with E-state index in [2.05, 4.69) is 77.4 Å². The van der Waals surface area contributed by atoms with Gasteiger partial charge in [-0.2, -0.15) is 5.10 Å². The van der Waals surface area contributed by atoms with Crippen LogP contribution in [-0.4, -0.2) is 14.8 Å². The molecule has 0 aliphatic carbocycles. The van der Waals surface area contributed by atoms with Crippen LogP contribution >= 0.6 is 0 Å². The first-order valence-corrected chi connectivity index (χ1v) is 15.1. The summed E-state index contributed by atoms with van der Waals surface area (Å²) < 4.78 is 1.89. The monoisotopic (exact) mass is 502 g/mol. The fourth-order valence-corrected chi connectivity index (χ4v) is 5.02. The molecule has 3 rings (SSSR count). The van der Waals surface area contributed by atoms with Crippen LogP contribution in [-0.2, 0) is 19.5 Å². The molecule has 0 amide bonds. The summed E-state index contributed by atoms with van der Waals surface area (Å²) in [4.78, 5) is 6.47. The Morgan fingerprint density at radius 1 is 0.568 bits per heavy atom. The fraction of sp³-hybridized carbons (Fsp3) is 0.576. The molecule has 37 heavy (non-hydrogen) atoms. The molecule has 0 aliphatic heterocycles. The van der Waals surface area contributed by atoms with Crippen molar-refractivity contribution < 1.29 is 0 Å². The van der Waals surface area contributed by atoms with Crippen LogP contribution in [0.15, 0.2) is 61.2 Å². The van der Waals surface area contributed by atoms with Crippen molar-refractivity contribution in [3.05, 3.63) is 72.3 Å². The first kappa shape index (κ1) is 28.9. The van der Waals surface area contributed by atoms with Crippen LogP contribution in [0.5, 0.6) is 0 Å². The number of hydrogen-bond donors (Lipinski definition) is 0. The third kappa shape index (κ3) is 11.1. The zero-order chi connectivity index (χ0) is 26.0. The quantitative estimate of drug-likeness (QED) is 0.144. The Labute approximate surface area is 226 Å². The van der Waals surface area contributed by atoms with E-state index < -0.39 is 0 Å². The number of benzene rings is 2. The third-order valence-electron chi connectivity index (χ3n) is 7.39. The molecule has 1 heterocycles. The summed E-state index contributed by atoms with van der Waals surface area (Å²) >= 11 is 0. The Kier molecular flexibility index (Phi) is 13.9. The summed E-state index contributed by atoms with van der Waals surface area (Å²) in [6.07, 6.45) is 24.7. The molecule has 3 aromatic rings. The molecule has 0 fully saturated rings. The zero-order valence-electron chi connectivity index (χ0n) is 23.6. The van der Waals surface area contributed by atoms with Crippen LogP contribution in [0.3, 0.4) is 0 Å². The second-order valence-corrected chi connectivity index (χ2v) is 10.6. The Bertz CT molecular complexity index is 870. The van der Waals surface area contributed by atoms with Gasteiger partial charge in [0.1, 0.15) is 19.3 Å². The number of rotatable bonds is 20. The van der Waals surface area contributed by atoms with Crippen LogP contribution in [0.25, 0.3) is 0 Å². The molecule has 0 unspecified atom stereocenters. The number of aryl methyl sites for hydroxylation is 2. The normalized spacial score (nSPS) is 11.2. The smallest absolute Gasteiger partial charge is 0.137 e. The summed E-state index contributed by atoms with van der Waals surface area (Å²) in [6.45, 7) is 5.21. The van der Waals surface area contributed by atoms with E-state index in [1.807, 2.05) is 4.68 Å². The lowest BCUT2D eigenvalue weighted by molar-refractivity contribution is 0.589. The Morgan fingerprint density at radius 3 is 1.41 bits per heavy atom. The van der Waals surface area contributed by atoms with Crippen LogP contribution < -0.4 is 4.90 Å². The van der Waals surface area contributed by atoms with Gasteiger partial charge < -0.3 is 4.90 Å². The van der Waals surface area contributed by atoms with E-state index in [0.29, 0.717) is 6.67 Å². The largest absolute Gasteiger partial charge is 0.321 e. The van der Waals surface area contributed by atoms with Crippen molar-refractivity contribution >= 4 is 11.4 Å². The van der Waals surface area contributed by atoms with Gasteiger partial charge in [0.25, 0.3) is 0 Å². The zero-order valence-corrected chi connectivity index (χ0v) is 23.6. The molecule has 0 radical (unpaired) electrons. The number of aromatic nitrogens is 3. The minimum Gasteiger partial charge on any atom is -0.321 e. The third-order valence-corrected chi connectivity index (χ3v) is 7.39. The standard InChI is InChI=1S/C33H50N4/c1-3-5-7-9-11-13-15-17-30-19-23-32(24-20-30)37(29-36-28-34-27-35-36)33-25-21-31(22-26-33)18-16-14-12-10-8-6-4-2/h19-28H,3-18,29H2,1-2H3. The SMILES string of the molecule is CCCCCCCCCc1ccc(N(Cn2cncn2)c2ccc(CCCCCCCCC)cc2)cc1. The molecule has 0 bridgehead atoms. The van der Waals surface area contributed by atoms with Gasteiger partial charge in [0.15, 0.2) is 0 Å². The minimum atomic E-state index is 0.647. The van der Waals surface area contributed by atoms with Crippen molar-refractivity contribution in [1.29, 1.82) is 0 Å². The van der Waals surface area contributed by atoms with E-state index >= 15 is 0 Å². The maximum absolute atomic E-state index is 4.36. The van der Waals surface area contributed by atoms with Gasteiger partial charge >= 0.3 is 0 Å². The van der Waals surface area contributed by atoms with E-state index in [9.17, 15) is 0 Å². The molecule has 0 saturated carbocycles. The van der Waals surface area contributed by atoms with E-state index in [1.165, 1.54) is 125 Å². The van der Waals surface area contributed by atoms with Crippen molar-refractivity contribution in [2.45, 2.75) is 123 Å². The highest BCUT2D eigenvalue weighted by Gasteiger charge is 2.11. The number of nitrogens with zero attached hydrogens (tertiary/aromatic N) is 4. The molecular formula is C33H50N4. The molecule has 202 valence electrons. The lowest BCUT2D eigenvalue weighted by Gasteiger charge is -2.25. The number of hydrogen-bond acceptors (Lipinski definition) is 3. The van der Waals surface area contributed by atoms with Crippen molar-refractivity contribution in [2.24, 2.45) is 0 Å².